The summed E-state index contributed by atoms with van der Waals surface area (Å²) in [6, 6.07) is 0. The van der Waals surface area contributed by atoms with Gasteiger partial charge in [0.05, 0.1) is 13.2 Å². The molecule has 0 aliphatic rings. The van der Waals surface area contributed by atoms with Crippen molar-refractivity contribution in [3.05, 3.63) is 12.7 Å². The lowest BCUT2D eigenvalue weighted by atomic mass is 10.2. The molecule has 0 aliphatic heterocycles. The summed E-state index contributed by atoms with van der Waals surface area (Å²) in [4.78, 5) is 0. The van der Waals surface area contributed by atoms with Crippen LogP contribution in [-0.4, -0.2) is 19.1 Å². The summed E-state index contributed by atoms with van der Waals surface area (Å²) >= 11 is 5.56. The van der Waals surface area contributed by atoms with Gasteiger partial charge in [-0.2, -0.15) is 0 Å². The van der Waals surface area contributed by atoms with Crippen LogP contribution >= 0.6 is 11.6 Å². The molecule has 1 unspecified atom stereocenters. The van der Waals surface area contributed by atoms with Gasteiger partial charge in [-0.05, 0) is 12.3 Å². The standard InChI is InChI=1S/C8H15ClO/c1-3-4-5-10-7-8(2)6-9/h3,8H,1,4-7H2,2H3. The molecule has 0 amide bonds. The van der Waals surface area contributed by atoms with Crippen LogP contribution in [0.25, 0.3) is 0 Å². The maximum absolute atomic E-state index is 5.56. The first-order chi connectivity index (χ1) is 4.81. The molecule has 0 bridgehead atoms. The number of alkyl halides is 1. The minimum atomic E-state index is 0.464. The Kier molecular flexibility index (Phi) is 7.09. The highest BCUT2D eigenvalue weighted by molar-refractivity contribution is 6.18. The lowest BCUT2D eigenvalue weighted by Crippen LogP contribution is -2.07. The smallest absolute Gasteiger partial charge is 0.0503 e. The van der Waals surface area contributed by atoms with E-state index in [1.807, 2.05) is 6.08 Å². The van der Waals surface area contributed by atoms with E-state index in [4.69, 9.17) is 16.3 Å². The molecule has 1 nitrogen and oxygen atoms in total. The Morgan fingerprint density at radius 2 is 2.40 bits per heavy atom. The van der Waals surface area contributed by atoms with Gasteiger partial charge in [0.25, 0.3) is 0 Å². The Bertz CT molecular complexity index is 83.3. The minimum Gasteiger partial charge on any atom is -0.381 e. The molecule has 0 radical (unpaired) electrons. The summed E-state index contributed by atoms with van der Waals surface area (Å²) in [5.74, 6) is 1.14. The molecule has 0 spiro atoms. The Morgan fingerprint density at radius 3 is 2.90 bits per heavy atom. The number of ether oxygens (including phenoxy) is 1. The summed E-state index contributed by atoms with van der Waals surface area (Å²) in [6.45, 7) is 7.19. The van der Waals surface area contributed by atoms with Crippen LogP contribution in [0.5, 0.6) is 0 Å². The van der Waals surface area contributed by atoms with Crippen LogP contribution in [0.2, 0.25) is 0 Å². The van der Waals surface area contributed by atoms with Crippen LogP contribution in [0.4, 0.5) is 0 Å². The van der Waals surface area contributed by atoms with Gasteiger partial charge in [0.15, 0.2) is 0 Å². The SMILES string of the molecule is C=CCCOCC(C)CCl. The second kappa shape index (κ2) is 7.10. The predicted octanol–water partition coefficient (Wildman–Crippen LogP) is 2.45. The maximum Gasteiger partial charge on any atom is 0.0503 e. The summed E-state index contributed by atoms with van der Waals surface area (Å²) in [5, 5.41) is 0. The van der Waals surface area contributed by atoms with E-state index in [0.29, 0.717) is 11.8 Å². The van der Waals surface area contributed by atoms with Crippen molar-refractivity contribution in [2.24, 2.45) is 5.92 Å². The van der Waals surface area contributed by atoms with E-state index in [2.05, 4.69) is 13.5 Å². The summed E-state index contributed by atoms with van der Waals surface area (Å²) in [7, 11) is 0. The van der Waals surface area contributed by atoms with Crippen LogP contribution in [0.15, 0.2) is 12.7 Å². The molecule has 2 heteroatoms. The molecule has 0 aromatic heterocycles. The lowest BCUT2D eigenvalue weighted by Gasteiger charge is -2.06. The van der Waals surface area contributed by atoms with Gasteiger partial charge in [-0.3, -0.25) is 0 Å². The maximum atomic E-state index is 5.56. The van der Waals surface area contributed by atoms with Crippen LogP contribution < -0.4 is 0 Å². The third kappa shape index (κ3) is 6.12. The Hall–Kier alpha value is -0.0100. The van der Waals surface area contributed by atoms with Crippen molar-refractivity contribution < 1.29 is 4.74 Å². The number of hydrogen-bond donors (Lipinski definition) is 0. The zero-order valence-corrected chi connectivity index (χ0v) is 7.23. The normalized spacial score (nSPS) is 13.0. The Labute approximate surface area is 68.0 Å². The van der Waals surface area contributed by atoms with Crippen LogP contribution in [0, 0.1) is 5.92 Å². The second-order valence-corrected chi connectivity index (χ2v) is 2.72. The van der Waals surface area contributed by atoms with E-state index < -0.39 is 0 Å². The average molecular weight is 163 g/mol. The van der Waals surface area contributed by atoms with Crippen LogP contribution in [-0.2, 0) is 4.74 Å². The third-order valence-electron chi connectivity index (χ3n) is 1.13. The van der Waals surface area contributed by atoms with Crippen molar-refractivity contribution in [3.63, 3.8) is 0 Å². The molecule has 10 heavy (non-hydrogen) atoms. The van der Waals surface area contributed by atoms with E-state index in [1.165, 1.54) is 0 Å². The zero-order chi connectivity index (χ0) is 7.82. The first kappa shape index (κ1) is 9.99. The fourth-order valence-corrected chi connectivity index (χ4v) is 0.585. The van der Waals surface area contributed by atoms with Gasteiger partial charge in [-0.25, -0.2) is 0 Å². The Balaban J connectivity index is 2.95. The molecule has 0 N–H and O–H groups in total. The fourth-order valence-electron chi connectivity index (χ4n) is 0.496. The van der Waals surface area contributed by atoms with Crippen molar-refractivity contribution in [2.75, 3.05) is 19.1 Å². The molecule has 0 saturated heterocycles. The van der Waals surface area contributed by atoms with Crippen LogP contribution in [0.3, 0.4) is 0 Å². The zero-order valence-electron chi connectivity index (χ0n) is 6.48. The Morgan fingerprint density at radius 1 is 1.70 bits per heavy atom. The molecule has 1 atom stereocenters. The third-order valence-corrected chi connectivity index (χ3v) is 1.66. The highest BCUT2D eigenvalue weighted by Gasteiger charge is 1.97. The van der Waals surface area contributed by atoms with Crippen molar-refractivity contribution >= 4 is 11.6 Å². The van der Waals surface area contributed by atoms with Gasteiger partial charge >= 0.3 is 0 Å². The first-order valence-electron chi connectivity index (χ1n) is 3.55. The van der Waals surface area contributed by atoms with Gasteiger partial charge in [-0.15, -0.1) is 18.2 Å². The molecule has 0 rings (SSSR count). The van der Waals surface area contributed by atoms with E-state index in [0.717, 1.165) is 19.6 Å². The molecule has 0 aliphatic carbocycles. The molecule has 0 aromatic rings. The van der Waals surface area contributed by atoms with Gasteiger partial charge in [-0.1, -0.05) is 13.0 Å². The monoisotopic (exact) mass is 162 g/mol. The summed E-state index contributed by atoms with van der Waals surface area (Å²) in [6.07, 6.45) is 2.78. The number of halogens is 1. The van der Waals surface area contributed by atoms with E-state index in [9.17, 15) is 0 Å². The van der Waals surface area contributed by atoms with E-state index in [-0.39, 0.29) is 0 Å². The van der Waals surface area contributed by atoms with Crippen LogP contribution in [0.1, 0.15) is 13.3 Å². The predicted molar refractivity (Wildman–Crippen MR) is 45.5 cm³/mol. The molecular formula is C8H15ClO. The van der Waals surface area contributed by atoms with Gasteiger partial charge in [0.1, 0.15) is 0 Å². The van der Waals surface area contributed by atoms with Crippen molar-refractivity contribution in [1.82, 2.24) is 0 Å². The number of rotatable bonds is 6. The molecular weight excluding hydrogens is 148 g/mol. The van der Waals surface area contributed by atoms with Gasteiger partial charge in [0, 0.05) is 5.88 Å². The molecule has 0 saturated carbocycles. The summed E-state index contributed by atoms with van der Waals surface area (Å²) < 4.78 is 5.27. The topological polar surface area (TPSA) is 9.23 Å². The molecule has 60 valence electrons. The van der Waals surface area contributed by atoms with E-state index >= 15 is 0 Å². The van der Waals surface area contributed by atoms with Crippen molar-refractivity contribution in [2.45, 2.75) is 13.3 Å². The highest BCUT2D eigenvalue weighted by Crippen LogP contribution is 1.98. The number of hydrogen-bond acceptors (Lipinski definition) is 1. The van der Waals surface area contributed by atoms with Crippen molar-refractivity contribution in [1.29, 1.82) is 0 Å². The summed E-state index contributed by atoms with van der Waals surface area (Å²) in [5.41, 5.74) is 0. The highest BCUT2D eigenvalue weighted by atomic mass is 35.5. The van der Waals surface area contributed by atoms with E-state index in [1.54, 1.807) is 0 Å². The van der Waals surface area contributed by atoms with Crippen molar-refractivity contribution in [3.8, 4) is 0 Å². The molecule has 0 heterocycles. The molecule has 0 aromatic carbocycles. The minimum absolute atomic E-state index is 0.464. The average Bonchev–Trinajstić information content (AvgIpc) is 1.98. The first-order valence-corrected chi connectivity index (χ1v) is 4.09. The largest absolute Gasteiger partial charge is 0.381 e. The molecule has 0 fully saturated rings. The van der Waals surface area contributed by atoms with Gasteiger partial charge < -0.3 is 4.74 Å². The lowest BCUT2D eigenvalue weighted by molar-refractivity contribution is 0.115. The fraction of sp³-hybridized carbons (Fsp3) is 0.750. The quantitative estimate of drug-likeness (QED) is 0.331. The second-order valence-electron chi connectivity index (χ2n) is 2.41. The van der Waals surface area contributed by atoms with Gasteiger partial charge in [0.2, 0.25) is 0 Å².